The number of hydrogen-bond donors (Lipinski definition) is 3. The molecular formula is C15H13Cl2N5O4. The molecule has 3 N–H and O–H groups in total. The Labute approximate surface area is 157 Å². The van der Waals surface area contributed by atoms with E-state index in [1.54, 1.807) is 18.2 Å². The van der Waals surface area contributed by atoms with Crippen LogP contribution in [0.2, 0.25) is 10.0 Å². The third kappa shape index (κ3) is 3.31. The lowest BCUT2D eigenvalue weighted by Gasteiger charge is -2.27. The molecule has 2 heterocycles. The van der Waals surface area contributed by atoms with Gasteiger partial charge < -0.3 is 10.4 Å². The molecule has 0 fully saturated rings. The van der Waals surface area contributed by atoms with Crippen LogP contribution < -0.4 is 16.3 Å². The van der Waals surface area contributed by atoms with Crippen molar-refractivity contribution in [3.8, 4) is 5.75 Å². The zero-order valence-corrected chi connectivity index (χ0v) is 14.9. The molecule has 0 unspecified atom stereocenters. The first-order chi connectivity index (χ1) is 12.3. The lowest BCUT2D eigenvalue weighted by atomic mass is 10.2. The average Bonchev–Trinajstić information content (AvgIpc) is 2.60. The van der Waals surface area contributed by atoms with Crippen LogP contribution in [-0.4, -0.2) is 38.5 Å². The zero-order valence-electron chi connectivity index (χ0n) is 13.4. The van der Waals surface area contributed by atoms with Gasteiger partial charge in [-0.15, -0.1) is 0 Å². The Bertz CT molecular complexity index is 975. The van der Waals surface area contributed by atoms with Crippen LogP contribution in [0.4, 0.5) is 5.95 Å². The first-order valence-corrected chi connectivity index (χ1v) is 8.12. The molecule has 0 radical (unpaired) electrons. The highest BCUT2D eigenvalue weighted by Gasteiger charge is 2.27. The number of nitrogens with zero attached hydrogens (tertiary/aromatic N) is 3. The van der Waals surface area contributed by atoms with Crippen LogP contribution >= 0.6 is 23.2 Å². The zero-order chi connectivity index (χ0) is 19.0. The fourth-order valence-corrected chi connectivity index (χ4v) is 2.62. The summed E-state index contributed by atoms with van der Waals surface area (Å²) in [4.78, 5) is 40.1. The molecule has 26 heavy (non-hydrogen) atoms. The van der Waals surface area contributed by atoms with Crippen LogP contribution in [0.15, 0.2) is 23.0 Å². The SMILES string of the molecule is CN1Nc2nc(C(=O)NCc3ccc(Cl)c(Cl)c3)c(O)c(=O)n2CC1=O. The third-order valence-electron chi connectivity index (χ3n) is 3.73. The second kappa shape index (κ2) is 6.85. The molecule has 0 bridgehead atoms. The summed E-state index contributed by atoms with van der Waals surface area (Å²) < 4.78 is 0.952. The minimum atomic E-state index is -0.886. The van der Waals surface area contributed by atoms with E-state index in [2.05, 4.69) is 15.7 Å². The number of rotatable bonds is 3. The van der Waals surface area contributed by atoms with E-state index in [-0.39, 0.29) is 19.0 Å². The number of fused-ring (bicyclic) bond motifs is 1. The maximum atomic E-state index is 12.3. The Kier molecular flexibility index (Phi) is 4.75. The summed E-state index contributed by atoms with van der Waals surface area (Å²) in [6, 6.07) is 4.84. The van der Waals surface area contributed by atoms with Crippen LogP contribution in [0.5, 0.6) is 5.75 Å². The Hall–Kier alpha value is -2.78. The molecular weight excluding hydrogens is 385 g/mol. The number of halogens is 2. The number of aromatic hydroxyl groups is 1. The van der Waals surface area contributed by atoms with Gasteiger partial charge in [0, 0.05) is 13.6 Å². The second-order valence-corrected chi connectivity index (χ2v) is 6.33. The topological polar surface area (TPSA) is 117 Å². The molecule has 11 heteroatoms. The Morgan fingerprint density at radius 2 is 2.08 bits per heavy atom. The predicted molar refractivity (Wildman–Crippen MR) is 94.2 cm³/mol. The van der Waals surface area contributed by atoms with Crippen molar-refractivity contribution in [1.29, 1.82) is 0 Å². The minimum Gasteiger partial charge on any atom is -0.501 e. The smallest absolute Gasteiger partial charge is 0.298 e. The van der Waals surface area contributed by atoms with Crippen LogP contribution in [0.3, 0.4) is 0 Å². The molecule has 3 rings (SSSR count). The number of likely N-dealkylation sites (N-methyl/N-ethyl adjacent to an activating group) is 1. The van der Waals surface area contributed by atoms with Crippen LogP contribution in [0.25, 0.3) is 0 Å². The summed E-state index contributed by atoms with van der Waals surface area (Å²) in [7, 11) is 1.45. The highest BCUT2D eigenvalue weighted by Crippen LogP contribution is 2.22. The van der Waals surface area contributed by atoms with E-state index in [9.17, 15) is 19.5 Å². The van der Waals surface area contributed by atoms with Crippen molar-refractivity contribution in [3.05, 3.63) is 49.9 Å². The lowest BCUT2D eigenvalue weighted by molar-refractivity contribution is -0.130. The van der Waals surface area contributed by atoms with Crippen molar-refractivity contribution in [2.75, 3.05) is 12.5 Å². The van der Waals surface area contributed by atoms with E-state index in [0.717, 1.165) is 9.58 Å². The Morgan fingerprint density at radius 3 is 2.77 bits per heavy atom. The fraction of sp³-hybridized carbons (Fsp3) is 0.200. The lowest BCUT2D eigenvalue weighted by Crippen LogP contribution is -2.45. The number of benzene rings is 1. The predicted octanol–water partition coefficient (Wildman–Crippen LogP) is 0.985. The molecule has 9 nitrogen and oxygen atoms in total. The van der Waals surface area contributed by atoms with Gasteiger partial charge in [-0.1, -0.05) is 29.3 Å². The molecule has 1 aromatic heterocycles. The van der Waals surface area contributed by atoms with Crippen LogP contribution in [0, 0.1) is 0 Å². The van der Waals surface area contributed by atoms with Gasteiger partial charge in [0.25, 0.3) is 17.4 Å². The molecule has 136 valence electrons. The largest absolute Gasteiger partial charge is 0.501 e. The molecule has 0 spiro atoms. The van der Waals surface area contributed by atoms with Gasteiger partial charge in [-0.05, 0) is 17.7 Å². The minimum absolute atomic E-state index is 0.0189. The number of carbonyl (C=O) groups is 2. The molecule has 1 aliphatic rings. The number of anilines is 1. The molecule has 2 amide bonds. The molecule has 0 saturated heterocycles. The number of amides is 2. The van der Waals surface area contributed by atoms with Gasteiger partial charge in [-0.2, -0.15) is 0 Å². The van der Waals surface area contributed by atoms with Crippen molar-refractivity contribution < 1.29 is 14.7 Å². The summed E-state index contributed by atoms with van der Waals surface area (Å²) in [5, 5.41) is 14.4. The summed E-state index contributed by atoms with van der Waals surface area (Å²) in [5.41, 5.74) is 1.91. The van der Waals surface area contributed by atoms with Crippen molar-refractivity contribution in [2.45, 2.75) is 13.1 Å². The Balaban J connectivity index is 1.84. The number of aromatic nitrogens is 2. The Morgan fingerprint density at radius 1 is 1.35 bits per heavy atom. The van der Waals surface area contributed by atoms with Gasteiger partial charge in [-0.3, -0.25) is 29.4 Å². The number of hydrazine groups is 1. The van der Waals surface area contributed by atoms with Crippen LogP contribution in [-0.2, 0) is 17.9 Å². The molecule has 0 aliphatic carbocycles. The van der Waals surface area contributed by atoms with E-state index in [1.807, 2.05) is 0 Å². The highest BCUT2D eigenvalue weighted by molar-refractivity contribution is 6.42. The van der Waals surface area contributed by atoms with Crippen molar-refractivity contribution in [1.82, 2.24) is 19.9 Å². The van der Waals surface area contributed by atoms with E-state index >= 15 is 0 Å². The van der Waals surface area contributed by atoms with Gasteiger partial charge >= 0.3 is 0 Å². The van der Waals surface area contributed by atoms with E-state index < -0.39 is 28.8 Å². The molecule has 1 aliphatic heterocycles. The normalized spacial score (nSPS) is 13.2. The van der Waals surface area contributed by atoms with Gasteiger partial charge in [0.05, 0.1) is 10.0 Å². The number of carbonyl (C=O) groups excluding carboxylic acids is 2. The second-order valence-electron chi connectivity index (χ2n) is 5.52. The first kappa shape index (κ1) is 18.0. The third-order valence-corrected chi connectivity index (χ3v) is 4.47. The fourth-order valence-electron chi connectivity index (χ4n) is 2.30. The summed E-state index contributed by atoms with van der Waals surface area (Å²) in [6.07, 6.45) is 0. The summed E-state index contributed by atoms with van der Waals surface area (Å²) >= 11 is 11.7. The highest BCUT2D eigenvalue weighted by atomic mass is 35.5. The number of hydrogen-bond acceptors (Lipinski definition) is 6. The monoisotopic (exact) mass is 397 g/mol. The molecule has 1 aromatic carbocycles. The van der Waals surface area contributed by atoms with Crippen molar-refractivity contribution >= 4 is 41.0 Å². The van der Waals surface area contributed by atoms with Crippen LogP contribution in [0.1, 0.15) is 16.1 Å². The maximum absolute atomic E-state index is 12.3. The average molecular weight is 398 g/mol. The number of nitrogens with one attached hydrogen (secondary N) is 2. The molecule has 0 saturated carbocycles. The summed E-state index contributed by atoms with van der Waals surface area (Å²) in [5.74, 6) is -2.00. The van der Waals surface area contributed by atoms with Gasteiger partial charge in [-0.25, -0.2) is 4.98 Å². The maximum Gasteiger partial charge on any atom is 0.298 e. The first-order valence-electron chi connectivity index (χ1n) is 7.37. The van der Waals surface area contributed by atoms with Gasteiger partial charge in [0.2, 0.25) is 11.7 Å². The van der Waals surface area contributed by atoms with E-state index in [1.165, 1.54) is 7.05 Å². The standard InChI is InChI=1S/C15H13Cl2N5O4/c1-21-10(23)6-22-14(26)12(24)11(19-15(22)20-21)13(25)18-5-7-2-3-8(16)9(17)4-7/h2-4,24H,5-6H2,1H3,(H,18,25)(H,19,20). The molecule has 0 atom stereocenters. The quantitative estimate of drug-likeness (QED) is 0.710. The van der Waals surface area contributed by atoms with Crippen molar-refractivity contribution in [3.63, 3.8) is 0 Å². The van der Waals surface area contributed by atoms with E-state index in [0.29, 0.717) is 15.6 Å². The van der Waals surface area contributed by atoms with E-state index in [4.69, 9.17) is 23.2 Å². The van der Waals surface area contributed by atoms with Gasteiger partial charge in [0.15, 0.2) is 5.69 Å². The van der Waals surface area contributed by atoms with Crippen molar-refractivity contribution in [2.24, 2.45) is 0 Å². The summed E-state index contributed by atoms with van der Waals surface area (Å²) in [6.45, 7) is -0.204. The molecule has 2 aromatic rings. The van der Waals surface area contributed by atoms with Gasteiger partial charge in [0.1, 0.15) is 6.54 Å².